The fraction of sp³-hybridized carbons (Fsp3) is 0.622. The number of methoxy groups -OCH3 is 1. The van der Waals surface area contributed by atoms with Crippen LogP contribution in [-0.4, -0.2) is 64.2 Å². The van der Waals surface area contributed by atoms with Gasteiger partial charge in [-0.25, -0.2) is 8.78 Å². The molecule has 1 N–H and O–H groups in total. The zero-order valence-electron chi connectivity index (χ0n) is 27.4. The number of carbonyl (C=O) groups is 4. The van der Waals surface area contributed by atoms with E-state index in [0.29, 0.717) is 24.2 Å². The monoisotopic (exact) mass is 670 g/mol. The molecule has 0 amide bonds. The van der Waals surface area contributed by atoms with E-state index in [1.54, 1.807) is 38.1 Å². The average Bonchev–Trinajstić information content (AvgIpc) is 3.28. The quantitative estimate of drug-likeness (QED) is 0.257. The highest BCUT2D eigenvalue weighted by molar-refractivity contribution is 8.14. The number of benzene rings is 1. The summed E-state index contributed by atoms with van der Waals surface area (Å²) in [6, 6.07) is 6.55. The Morgan fingerprint density at radius 3 is 2.38 bits per heavy atom. The van der Waals surface area contributed by atoms with Gasteiger partial charge in [0.15, 0.2) is 22.8 Å². The number of hydrogen-bond acceptors (Lipinski definition) is 8. The lowest BCUT2D eigenvalue weighted by molar-refractivity contribution is -0.230. The first kappa shape index (κ1) is 34.0. The molecule has 0 aliphatic heterocycles. The number of ketones is 2. The maximum Gasteiger partial charge on any atom is 0.309 e. The van der Waals surface area contributed by atoms with Crippen LogP contribution in [0.15, 0.2) is 48.1 Å². The van der Waals surface area contributed by atoms with E-state index in [2.05, 4.69) is 0 Å². The number of carbonyl (C=O) groups excluding carboxylic acids is 4. The van der Waals surface area contributed by atoms with Crippen molar-refractivity contribution in [2.45, 2.75) is 95.7 Å². The fourth-order valence-electron chi connectivity index (χ4n) is 9.90. The molecule has 0 bridgehead atoms. The van der Waals surface area contributed by atoms with Crippen molar-refractivity contribution in [2.24, 2.45) is 34.5 Å². The first-order valence-electron chi connectivity index (χ1n) is 16.8. The number of allylic oxidation sites excluding steroid dienone is 4. The standard InChI is InChI=1S/C37H44F2O7S/c1-21-16-26-27-18-29(38)28-17-24(40)14-15-34(28,2)36(27,39)31(42)19-35(26,3)37(21,46-32(43)23-8-6-5-7-9-23)33(44)47-20-30(41)22-10-12-25(45-4)13-11-22/h10-15,17,21,23,26-27,29,31,42H,5-9,16,18-20H2,1-4H3/t21-,26+,27+,29+,31+,34+,35+,36+,37+/m1/s1. The van der Waals surface area contributed by atoms with E-state index in [-0.39, 0.29) is 42.3 Å². The van der Waals surface area contributed by atoms with Crippen LogP contribution in [0, 0.1) is 34.5 Å². The molecule has 5 aliphatic carbocycles. The van der Waals surface area contributed by atoms with E-state index in [9.17, 15) is 24.3 Å². The number of alkyl halides is 2. The lowest BCUT2D eigenvalue weighted by atomic mass is 9.44. The van der Waals surface area contributed by atoms with Crippen molar-refractivity contribution in [1.29, 1.82) is 0 Å². The van der Waals surface area contributed by atoms with E-state index in [0.717, 1.165) is 37.1 Å². The Balaban J connectivity index is 1.37. The number of hydrogen-bond donors (Lipinski definition) is 1. The van der Waals surface area contributed by atoms with Crippen molar-refractivity contribution in [1.82, 2.24) is 0 Å². The predicted molar refractivity (Wildman–Crippen MR) is 173 cm³/mol. The first-order chi connectivity index (χ1) is 22.2. The van der Waals surface area contributed by atoms with Gasteiger partial charge >= 0.3 is 5.97 Å². The zero-order valence-corrected chi connectivity index (χ0v) is 28.2. The van der Waals surface area contributed by atoms with Gasteiger partial charge in [0, 0.05) is 28.2 Å². The van der Waals surface area contributed by atoms with E-state index in [1.807, 2.05) is 0 Å². The maximum absolute atomic E-state index is 17.8. The van der Waals surface area contributed by atoms with Crippen LogP contribution in [0.5, 0.6) is 5.75 Å². The van der Waals surface area contributed by atoms with Crippen LogP contribution in [-0.2, 0) is 19.1 Å². The SMILES string of the molecule is COc1ccc(C(=O)CSC(=O)[C@@]2(OC(=O)C3CCCCC3)[C@H](C)C[C@H]3[C@@H]4C[C@H](F)C5=CC(=O)C=C[C@]5(C)[C@@]4(F)[C@@H](O)C[C@@]32C)cc1. The van der Waals surface area contributed by atoms with Gasteiger partial charge in [0.05, 0.1) is 24.9 Å². The molecular weight excluding hydrogens is 626 g/mol. The summed E-state index contributed by atoms with van der Waals surface area (Å²) in [4.78, 5) is 53.9. The molecule has 1 aromatic rings. The van der Waals surface area contributed by atoms with Crippen molar-refractivity contribution in [2.75, 3.05) is 12.9 Å². The Hall–Kier alpha value is -2.85. The van der Waals surface area contributed by atoms with Crippen LogP contribution in [0.1, 0.15) is 82.5 Å². The number of aliphatic hydroxyl groups excluding tert-OH is 1. The molecule has 0 heterocycles. The van der Waals surface area contributed by atoms with Gasteiger partial charge in [0.25, 0.3) is 0 Å². The number of fused-ring (bicyclic) bond motifs is 5. The Kier molecular flexibility index (Phi) is 8.86. The molecule has 6 rings (SSSR count). The van der Waals surface area contributed by atoms with Gasteiger partial charge < -0.3 is 14.6 Å². The highest BCUT2D eigenvalue weighted by Gasteiger charge is 2.78. The highest BCUT2D eigenvalue weighted by atomic mass is 32.2. The topological polar surface area (TPSA) is 107 Å². The third kappa shape index (κ3) is 5.06. The fourth-order valence-corrected chi connectivity index (χ4v) is 11.0. The van der Waals surface area contributed by atoms with Crippen LogP contribution >= 0.6 is 11.8 Å². The summed E-state index contributed by atoms with van der Waals surface area (Å²) in [6.07, 6.45) is 4.30. The van der Waals surface area contributed by atoms with Gasteiger partial charge in [-0.1, -0.05) is 50.9 Å². The smallest absolute Gasteiger partial charge is 0.309 e. The van der Waals surface area contributed by atoms with E-state index in [1.165, 1.54) is 26.2 Å². The minimum absolute atomic E-state index is 0.0242. The molecule has 0 spiro atoms. The van der Waals surface area contributed by atoms with Crippen LogP contribution in [0.4, 0.5) is 8.78 Å². The summed E-state index contributed by atoms with van der Waals surface area (Å²) in [5, 5.41) is 11.3. The molecule has 4 saturated carbocycles. The third-order valence-corrected chi connectivity index (χ3v) is 13.4. The van der Waals surface area contributed by atoms with Crippen molar-refractivity contribution >= 4 is 34.4 Å². The molecule has 9 atom stereocenters. The van der Waals surface area contributed by atoms with Crippen molar-refractivity contribution in [3.63, 3.8) is 0 Å². The number of Topliss-reactive ketones (excluding diaryl/α,β-unsaturated/α-hetero) is 1. The third-order valence-electron chi connectivity index (χ3n) is 12.4. The van der Waals surface area contributed by atoms with Gasteiger partial charge in [-0.05, 0) is 86.9 Å². The number of aliphatic hydroxyl groups is 1. The maximum atomic E-state index is 17.8. The summed E-state index contributed by atoms with van der Waals surface area (Å²) >= 11 is 0.776. The Morgan fingerprint density at radius 1 is 1.04 bits per heavy atom. The summed E-state index contributed by atoms with van der Waals surface area (Å²) < 4.78 is 45.4. The average molecular weight is 671 g/mol. The number of thioether (sulfide) groups is 1. The lowest BCUT2D eigenvalue weighted by Gasteiger charge is -2.63. The number of halogens is 2. The molecule has 10 heteroatoms. The molecular formula is C37H44F2O7S. The van der Waals surface area contributed by atoms with Gasteiger partial charge in [-0.2, -0.15) is 0 Å². The largest absolute Gasteiger partial charge is 0.497 e. The second-order valence-corrected chi connectivity index (χ2v) is 15.7. The highest BCUT2D eigenvalue weighted by Crippen LogP contribution is 2.72. The first-order valence-corrected chi connectivity index (χ1v) is 17.7. The van der Waals surface area contributed by atoms with E-state index >= 15 is 8.78 Å². The van der Waals surface area contributed by atoms with Gasteiger partial charge in [-0.15, -0.1) is 0 Å². The van der Waals surface area contributed by atoms with Gasteiger partial charge in [0.1, 0.15) is 11.9 Å². The van der Waals surface area contributed by atoms with Crippen molar-refractivity contribution < 1.29 is 42.5 Å². The van der Waals surface area contributed by atoms with Gasteiger partial charge in [0.2, 0.25) is 5.12 Å². The molecule has 47 heavy (non-hydrogen) atoms. The second-order valence-electron chi connectivity index (χ2n) is 14.7. The normalized spacial score (nSPS) is 39.7. The number of rotatable bonds is 7. The van der Waals surface area contributed by atoms with Gasteiger partial charge in [-0.3, -0.25) is 19.2 Å². The van der Waals surface area contributed by atoms with Crippen LogP contribution < -0.4 is 4.74 Å². The van der Waals surface area contributed by atoms with E-state index < -0.39 is 69.0 Å². The predicted octanol–water partition coefficient (Wildman–Crippen LogP) is 6.56. The van der Waals surface area contributed by atoms with Crippen molar-refractivity contribution in [3.8, 4) is 5.75 Å². The molecule has 4 fully saturated rings. The summed E-state index contributed by atoms with van der Waals surface area (Å²) in [7, 11) is 1.52. The summed E-state index contributed by atoms with van der Waals surface area (Å²) in [6.45, 7) is 5.10. The molecule has 7 nitrogen and oxygen atoms in total. The Labute approximate surface area is 278 Å². The van der Waals surface area contributed by atoms with Crippen molar-refractivity contribution in [3.05, 3.63) is 53.6 Å². The van der Waals surface area contributed by atoms with Crippen LogP contribution in [0.2, 0.25) is 0 Å². The van der Waals surface area contributed by atoms with E-state index in [4.69, 9.17) is 9.47 Å². The minimum Gasteiger partial charge on any atom is -0.497 e. The molecule has 1 aromatic carbocycles. The molecule has 5 aliphatic rings. The summed E-state index contributed by atoms with van der Waals surface area (Å²) in [5.41, 5.74) is -6.51. The minimum atomic E-state index is -2.33. The Bertz CT molecular complexity index is 1520. The Morgan fingerprint density at radius 2 is 1.72 bits per heavy atom. The zero-order chi connectivity index (χ0) is 33.9. The molecule has 0 radical (unpaired) electrons. The van der Waals surface area contributed by atoms with Crippen LogP contribution in [0.25, 0.3) is 0 Å². The lowest BCUT2D eigenvalue weighted by Crippen LogP contribution is -2.70. The number of ether oxygens (including phenoxy) is 2. The number of esters is 1. The molecule has 0 saturated heterocycles. The molecule has 254 valence electrons. The molecule has 0 unspecified atom stereocenters. The molecule has 0 aromatic heterocycles. The second kappa shape index (κ2) is 12.2. The van der Waals surface area contributed by atoms with Crippen LogP contribution in [0.3, 0.4) is 0 Å². The summed E-state index contributed by atoms with van der Waals surface area (Å²) in [5.74, 6) is -3.47.